The van der Waals surface area contributed by atoms with Crippen LogP contribution in [-0.4, -0.2) is 34.9 Å². The van der Waals surface area contributed by atoms with Crippen molar-refractivity contribution in [3.8, 4) is 0 Å². The molecule has 0 spiro atoms. The fourth-order valence-corrected chi connectivity index (χ4v) is 6.74. The number of esters is 1. The Bertz CT molecular complexity index is 880. The molecule has 5 nitrogen and oxygen atoms in total. The van der Waals surface area contributed by atoms with Gasteiger partial charge in [0.1, 0.15) is 5.60 Å². The normalized spacial score (nSPS) is 42.9. The number of fused-ring (bicyclic) bond motifs is 5. The van der Waals surface area contributed by atoms with Crippen molar-refractivity contribution in [2.24, 2.45) is 28.6 Å². The average Bonchev–Trinajstić information content (AvgIpc) is 2.88. The van der Waals surface area contributed by atoms with Crippen LogP contribution in [0.25, 0.3) is 0 Å². The van der Waals surface area contributed by atoms with Crippen LogP contribution in [0.5, 0.6) is 0 Å². The maximum absolute atomic E-state index is 13.0. The van der Waals surface area contributed by atoms with Crippen molar-refractivity contribution in [2.75, 3.05) is 6.61 Å². The zero-order valence-electron chi connectivity index (χ0n) is 17.7. The van der Waals surface area contributed by atoms with E-state index in [2.05, 4.69) is 13.0 Å². The summed E-state index contributed by atoms with van der Waals surface area (Å²) in [7, 11) is 0. The summed E-state index contributed by atoms with van der Waals surface area (Å²) in [6, 6.07) is 0. The first kappa shape index (κ1) is 20.3. The minimum absolute atomic E-state index is 0.0529. The van der Waals surface area contributed by atoms with E-state index in [-0.39, 0.29) is 35.6 Å². The predicted molar refractivity (Wildman–Crippen MR) is 108 cm³/mol. The van der Waals surface area contributed by atoms with Gasteiger partial charge < -0.3 is 9.84 Å². The number of ketones is 2. The van der Waals surface area contributed by atoms with Crippen molar-refractivity contribution in [3.63, 3.8) is 0 Å². The molecule has 1 N–H and O–H groups in total. The fourth-order valence-electron chi connectivity index (χ4n) is 6.74. The number of hydrogen-bond donors (Lipinski definition) is 1. The van der Waals surface area contributed by atoms with E-state index >= 15 is 0 Å². The summed E-state index contributed by atoms with van der Waals surface area (Å²) in [5.74, 6) is -0.621. The highest BCUT2D eigenvalue weighted by Gasteiger charge is 2.67. The topological polar surface area (TPSA) is 80.7 Å². The largest absolute Gasteiger partial charge is 0.458 e. The van der Waals surface area contributed by atoms with Crippen LogP contribution in [0.1, 0.15) is 53.4 Å². The quantitative estimate of drug-likeness (QED) is 0.583. The number of allylic oxidation sites excluding steroid dienone is 6. The van der Waals surface area contributed by atoms with Gasteiger partial charge in [0, 0.05) is 17.8 Å². The van der Waals surface area contributed by atoms with Gasteiger partial charge in [-0.1, -0.05) is 37.1 Å². The Labute approximate surface area is 171 Å². The van der Waals surface area contributed by atoms with Gasteiger partial charge in [0.05, 0.1) is 0 Å². The molecule has 0 aromatic heterocycles. The molecule has 0 bridgehead atoms. The van der Waals surface area contributed by atoms with E-state index in [4.69, 9.17) is 4.74 Å². The number of carbonyl (C=O) groups excluding carboxylic acids is 3. The number of rotatable bonds is 3. The SMILES string of the molecule is CC(=O)OCC(=O)[C@@]1(O)[C@@H](C)C[C@@H]2[C@@H]3CCC4=CC(=O)C=C[C@]4(C)C3=CC[C@@]21C. The lowest BCUT2D eigenvalue weighted by Crippen LogP contribution is -2.57. The van der Waals surface area contributed by atoms with Gasteiger partial charge in [-0.2, -0.15) is 0 Å². The number of aliphatic hydroxyl groups is 1. The van der Waals surface area contributed by atoms with Crippen LogP contribution in [0.4, 0.5) is 0 Å². The maximum Gasteiger partial charge on any atom is 0.303 e. The smallest absolute Gasteiger partial charge is 0.303 e. The molecule has 0 aliphatic heterocycles. The van der Waals surface area contributed by atoms with Crippen molar-refractivity contribution in [1.29, 1.82) is 0 Å². The molecule has 4 rings (SSSR count). The standard InChI is InChI=1S/C24H30O5/c1-14-11-20-18-6-5-16-12-17(26)7-9-22(16,3)19(18)8-10-23(20,4)24(14,28)21(27)13-29-15(2)25/h7-9,12,14,18,20,28H,5-6,10-11,13H2,1-4H3/t14-,18+,20+,22-,23-,24-/m0/s1. The molecule has 156 valence electrons. The first-order valence-corrected chi connectivity index (χ1v) is 10.6. The predicted octanol–water partition coefficient (Wildman–Crippen LogP) is 3.32. The van der Waals surface area contributed by atoms with Crippen LogP contribution in [0.3, 0.4) is 0 Å². The Morgan fingerprint density at radius 1 is 1.31 bits per heavy atom. The molecule has 2 fully saturated rings. The third-order valence-electron chi connectivity index (χ3n) is 8.36. The molecule has 4 aliphatic rings. The number of ether oxygens (including phenoxy) is 1. The molecular formula is C24H30O5. The average molecular weight is 398 g/mol. The second-order valence-corrected chi connectivity index (χ2v) is 9.75. The van der Waals surface area contributed by atoms with Gasteiger partial charge >= 0.3 is 5.97 Å². The summed E-state index contributed by atoms with van der Waals surface area (Å²) in [4.78, 5) is 36.1. The Balaban J connectivity index is 1.71. The van der Waals surface area contributed by atoms with Crippen LogP contribution in [0.15, 0.2) is 35.5 Å². The Morgan fingerprint density at radius 2 is 2.03 bits per heavy atom. The Hall–Kier alpha value is -2.01. The third-order valence-corrected chi connectivity index (χ3v) is 8.36. The van der Waals surface area contributed by atoms with E-state index in [1.165, 1.54) is 18.1 Å². The van der Waals surface area contributed by atoms with E-state index < -0.39 is 22.8 Å². The minimum atomic E-state index is -1.51. The zero-order chi connectivity index (χ0) is 21.2. The minimum Gasteiger partial charge on any atom is -0.458 e. The highest BCUT2D eigenvalue weighted by molar-refractivity contribution is 6.01. The molecule has 0 aromatic rings. The summed E-state index contributed by atoms with van der Waals surface area (Å²) in [5, 5.41) is 11.7. The van der Waals surface area contributed by atoms with Gasteiger partial charge in [0.25, 0.3) is 0 Å². The first-order chi connectivity index (χ1) is 13.5. The van der Waals surface area contributed by atoms with Gasteiger partial charge in [-0.15, -0.1) is 0 Å². The van der Waals surface area contributed by atoms with Crippen molar-refractivity contribution in [1.82, 2.24) is 0 Å². The van der Waals surface area contributed by atoms with Crippen LogP contribution in [0, 0.1) is 28.6 Å². The molecule has 4 aliphatic carbocycles. The molecule has 5 heteroatoms. The van der Waals surface area contributed by atoms with Crippen molar-refractivity contribution < 1.29 is 24.2 Å². The first-order valence-electron chi connectivity index (χ1n) is 10.6. The zero-order valence-corrected chi connectivity index (χ0v) is 17.7. The second-order valence-electron chi connectivity index (χ2n) is 9.75. The van der Waals surface area contributed by atoms with Crippen LogP contribution in [-0.2, 0) is 19.1 Å². The second kappa shape index (κ2) is 6.49. The summed E-state index contributed by atoms with van der Waals surface area (Å²) in [6.45, 7) is 7.03. The fraction of sp³-hybridized carbons (Fsp3) is 0.625. The molecular weight excluding hydrogens is 368 g/mol. The number of carbonyl (C=O) groups is 3. The molecule has 2 saturated carbocycles. The van der Waals surface area contributed by atoms with Gasteiger partial charge in [-0.25, -0.2) is 0 Å². The van der Waals surface area contributed by atoms with E-state index in [0.29, 0.717) is 6.42 Å². The molecule has 0 unspecified atom stereocenters. The van der Waals surface area contributed by atoms with Crippen molar-refractivity contribution in [3.05, 3.63) is 35.5 Å². The molecule has 0 amide bonds. The lowest BCUT2D eigenvalue weighted by molar-refractivity contribution is -0.167. The molecule has 0 heterocycles. The van der Waals surface area contributed by atoms with Crippen LogP contribution in [0.2, 0.25) is 0 Å². The van der Waals surface area contributed by atoms with Crippen molar-refractivity contribution >= 4 is 17.5 Å². The lowest BCUT2D eigenvalue weighted by Gasteiger charge is -2.53. The van der Waals surface area contributed by atoms with Gasteiger partial charge in [-0.05, 0) is 62.5 Å². The summed E-state index contributed by atoms with van der Waals surface area (Å²) >= 11 is 0. The van der Waals surface area contributed by atoms with Gasteiger partial charge in [-0.3, -0.25) is 14.4 Å². The van der Waals surface area contributed by atoms with Gasteiger partial charge in [0.2, 0.25) is 5.78 Å². The molecule has 0 radical (unpaired) electrons. The molecule has 0 aromatic carbocycles. The van der Waals surface area contributed by atoms with Gasteiger partial charge in [0.15, 0.2) is 12.4 Å². The van der Waals surface area contributed by atoms with Crippen LogP contribution >= 0.6 is 0 Å². The highest BCUT2D eigenvalue weighted by Crippen LogP contribution is 2.66. The van der Waals surface area contributed by atoms with Crippen molar-refractivity contribution in [2.45, 2.75) is 59.0 Å². The molecule has 29 heavy (non-hydrogen) atoms. The Morgan fingerprint density at radius 3 is 2.72 bits per heavy atom. The Kier molecular flexibility index (Phi) is 4.54. The monoisotopic (exact) mass is 398 g/mol. The summed E-state index contributed by atoms with van der Waals surface area (Å²) in [6.07, 6.45) is 10.8. The number of Topliss-reactive ketones (excluding diaryl/α,β-unsaturated/α-hetero) is 1. The molecule has 6 atom stereocenters. The highest BCUT2D eigenvalue weighted by atomic mass is 16.5. The third kappa shape index (κ3) is 2.66. The van der Waals surface area contributed by atoms with E-state index in [1.54, 1.807) is 12.2 Å². The van der Waals surface area contributed by atoms with Crippen LogP contribution < -0.4 is 0 Å². The summed E-state index contributed by atoms with van der Waals surface area (Å²) in [5.41, 5.74) is 0.145. The van der Waals surface area contributed by atoms with E-state index in [9.17, 15) is 19.5 Å². The summed E-state index contributed by atoms with van der Waals surface area (Å²) < 4.78 is 4.95. The number of hydrogen-bond acceptors (Lipinski definition) is 5. The van der Waals surface area contributed by atoms with E-state index in [1.807, 2.05) is 19.9 Å². The van der Waals surface area contributed by atoms with E-state index in [0.717, 1.165) is 19.3 Å². The maximum atomic E-state index is 13.0. The lowest BCUT2D eigenvalue weighted by atomic mass is 9.51. The molecule has 0 saturated heterocycles.